The van der Waals surface area contributed by atoms with Crippen molar-refractivity contribution in [1.82, 2.24) is 5.32 Å². The third-order valence-electron chi connectivity index (χ3n) is 3.43. The molecule has 0 saturated heterocycles. The van der Waals surface area contributed by atoms with E-state index in [1.54, 1.807) is 31.2 Å². The minimum absolute atomic E-state index is 0.0757. The van der Waals surface area contributed by atoms with Gasteiger partial charge in [-0.2, -0.15) is 0 Å². The molecule has 4 N–H and O–H groups in total. The third kappa shape index (κ3) is 4.67. The van der Waals surface area contributed by atoms with E-state index >= 15 is 0 Å². The van der Waals surface area contributed by atoms with Crippen molar-refractivity contribution in [3.8, 4) is 0 Å². The molecular formula is C16H15ClN4O4. The number of carbonyl (C=O) groups is 2. The lowest BCUT2D eigenvalue weighted by Crippen LogP contribution is -2.27. The van der Waals surface area contributed by atoms with Crippen LogP contribution < -0.4 is 16.4 Å². The number of nitro benzene ring substituents is 1. The van der Waals surface area contributed by atoms with Crippen LogP contribution in [0.3, 0.4) is 0 Å². The third-order valence-corrected chi connectivity index (χ3v) is 3.66. The second kappa shape index (κ2) is 7.63. The molecule has 130 valence electrons. The van der Waals surface area contributed by atoms with Crippen LogP contribution in [0, 0.1) is 10.1 Å². The zero-order chi connectivity index (χ0) is 18.6. The normalized spacial score (nSPS) is 11.4. The van der Waals surface area contributed by atoms with Crippen LogP contribution >= 0.6 is 11.6 Å². The fourth-order valence-corrected chi connectivity index (χ4v) is 2.37. The Labute approximate surface area is 148 Å². The van der Waals surface area contributed by atoms with Crippen LogP contribution in [-0.2, 0) is 0 Å². The van der Waals surface area contributed by atoms with Gasteiger partial charge >= 0.3 is 6.03 Å². The number of hydrogen-bond acceptors (Lipinski definition) is 4. The van der Waals surface area contributed by atoms with E-state index in [1.165, 1.54) is 12.1 Å². The molecule has 0 spiro atoms. The Morgan fingerprint density at radius 1 is 1.20 bits per heavy atom. The quantitative estimate of drug-likeness (QED) is 0.557. The Bertz CT molecular complexity index is 823. The number of hydrogen-bond donors (Lipinski definition) is 3. The van der Waals surface area contributed by atoms with Gasteiger partial charge in [0, 0.05) is 16.8 Å². The predicted octanol–water partition coefficient (Wildman–Crippen LogP) is 3.23. The first-order valence-corrected chi connectivity index (χ1v) is 7.57. The van der Waals surface area contributed by atoms with Crippen molar-refractivity contribution in [2.24, 2.45) is 5.73 Å². The van der Waals surface area contributed by atoms with Gasteiger partial charge in [0.15, 0.2) is 0 Å². The summed E-state index contributed by atoms with van der Waals surface area (Å²) < 4.78 is 0. The van der Waals surface area contributed by atoms with Crippen LogP contribution in [0.2, 0.25) is 5.02 Å². The van der Waals surface area contributed by atoms with Crippen molar-refractivity contribution in [3.63, 3.8) is 0 Å². The summed E-state index contributed by atoms with van der Waals surface area (Å²) in [5.41, 5.74) is 5.86. The number of nitro groups is 1. The van der Waals surface area contributed by atoms with Crippen LogP contribution in [0.25, 0.3) is 0 Å². The number of rotatable bonds is 5. The average molecular weight is 363 g/mol. The molecule has 0 aromatic heterocycles. The van der Waals surface area contributed by atoms with Crippen molar-refractivity contribution in [2.45, 2.75) is 13.0 Å². The highest BCUT2D eigenvalue weighted by Gasteiger charge is 2.22. The molecule has 1 unspecified atom stereocenters. The van der Waals surface area contributed by atoms with E-state index in [9.17, 15) is 19.7 Å². The Hall–Kier alpha value is -3.13. The van der Waals surface area contributed by atoms with Crippen LogP contribution in [0.1, 0.15) is 28.9 Å². The number of urea groups is 1. The molecule has 0 saturated carbocycles. The van der Waals surface area contributed by atoms with Gasteiger partial charge in [-0.05, 0) is 36.8 Å². The zero-order valence-electron chi connectivity index (χ0n) is 13.2. The van der Waals surface area contributed by atoms with Gasteiger partial charge < -0.3 is 16.4 Å². The van der Waals surface area contributed by atoms with E-state index in [-0.39, 0.29) is 16.3 Å². The number of nitrogens with zero attached hydrogens (tertiary/aromatic N) is 1. The molecule has 0 fully saturated rings. The molecular weight excluding hydrogens is 348 g/mol. The van der Waals surface area contributed by atoms with Crippen LogP contribution in [0.4, 0.5) is 16.2 Å². The summed E-state index contributed by atoms with van der Waals surface area (Å²) in [6.07, 6.45) is 0. The smallest absolute Gasteiger partial charge is 0.316 e. The maximum Gasteiger partial charge on any atom is 0.316 e. The topological polar surface area (TPSA) is 127 Å². The highest BCUT2D eigenvalue weighted by Crippen LogP contribution is 2.24. The molecule has 2 rings (SSSR count). The summed E-state index contributed by atoms with van der Waals surface area (Å²) in [6.45, 7) is 1.73. The fourth-order valence-electron chi connectivity index (χ4n) is 2.20. The number of carbonyl (C=O) groups excluding carboxylic acids is 2. The van der Waals surface area contributed by atoms with E-state index < -0.39 is 22.9 Å². The van der Waals surface area contributed by atoms with Gasteiger partial charge in [-0.15, -0.1) is 0 Å². The summed E-state index contributed by atoms with van der Waals surface area (Å²) in [7, 11) is 0. The molecule has 0 heterocycles. The number of amides is 3. The van der Waals surface area contributed by atoms with E-state index in [0.29, 0.717) is 5.69 Å². The Morgan fingerprint density at radius 2 is 1.84 bits per heavy atom. The predicted molar refractivity (Wildman–Crippen MR) is 93.6 cm³/mol. The second-order valence-corrected chi connectivity index (χ2v) is 5.66. The molecule has 2 aromatic rings. The first-order chi connectivity index (χ1) is 11.8. The molecule has 0 radical (unpaired) electrons. The fraction of sp³-hybridized carbons (Fsp3) is 0.125. The lowest BCUT2D eigenvalue weighted by atomic mass is 10.1. The van der Waals surface area contributed by atoms with Crippen LogP contribution in [-0.4, -0.2) is 16.9 Å². The Balaban J connectivity index is 2.15. The van der Waals surface area contributed by atoms with Crippen molar-refractivity contribution in [1.29, 1.82) is 0 Å². The maximum absolute atomic E-state index is 12.3. The summed E-state index contributed by atoms with van der Waals surface area (Å²) in [5.74, 6) is -0.588. The molecule has 8 nitrogen and oxygen atoms in total. The van der Waals surface area contributed by atoms with Gasteiger partial charge in [0.1, 0.15) is 5.56 Å². The summed E-state index contributed by atoms with van der Waals surface area (Å²) in [5, 5.41) is 16.4. The van der Waals surface area contributed by atoms with Gasteiger partial charge in [-0.1, -0.05) is 23.7 Å². The molecule has 0 aliphatic rings. The molecule has 0 aliphatic carbocycles. The van der Waals surface area contributed by atoms with E-state index in [0.717, 1.165) is 11.6 Å². The number of primary amides is 1. The number of nitrogens with two attached hydrogens (primary N) is 1. The van der Waals surface area contributed by atoms with Crippen LogP contribution in [0.5, 0.6) is 0 Å². The van der Waals surface area contributed by atoms with Gasteiger partial charge in [0.05, 0.1) is 11.0 Å². The number of anilines is 1. The minimum atomic E-state index is -0.677. The van der Waals surface area contributed by atoms with Crippen molar-refractivity contribution in [2.75, 3.05) is 5.32 Å². The number of nitrogens with one attached hydrogen (secondary N) is 2. The van der Waals surface area contributed by atoms with E-state index in [2.05, 4.69) is 10.6 Å². The molecule has 2 aromatic carbocycles. The highest BCUT2D eigenvalue weighted by atomic mass is 35.5. The monoisotopic (exact) mass is 362 g/mol. The molecule has 0 aliphatic heterocycles. The summed E-state index contributed by atoms with van der Waals surface area (Å²) in [4.78, 5) is 33.6. The summed E-state index contributed by atoms with van der Waals surface area (Å²) >= 11 is 5.74. The summed E-state index contributed by atoms with van der Waals surface area (Å²) in [6, 6.07) is 9.43. The maximum atomic E-state index is 12.3. The standard InChI is InChI=1S/C16H15ClN4O4/c1-9(10-2-5-12(6-3-10)20-16(18)23)19-15(22)13-7-4-11(17)8-14(13)21(24)25/h2-9H,1H3,(H,19,22)(H3,18,20,23). The van der Waals surface area contributed by atoms with Crippen molar-refractivity contribution < 1.29 is 14.5 Å². The van der Waals surface area contributed by atoms with Crippen molar-refractivity contribution in [3.05, 3.63) is 68.7 Å². The first kappa shape index (κ1) is 18.2. The minimum Gasteiger partial charge on any atom is -0.351 e. The molecule has 25 heavy (non-hydrogen) atoms. The largest absolute Gasteiger partial charge is 0.351 e. The average Bonchev–Trinajstić information content (AvgIpc) is 2.54. The van der Waals surface area contributed by atoms with Gasteiger partial charge in [-0.3, -0.25) is 14.9 Å². The number of halogens is 1. The Morgan fingerprint density at radius 3 is 2.40 bits per heavy atom. The van der Waals surface area contributed by atoms with Gasteiger partial charge in [-0.25, -0.2) is 4.79 Å². The SMILES string of the molecule is CC(NC(=O)c1ccc(Cl)cc1[N+](=O)[O-])c1ccc(NC(N)=O)cc1. The molecule has 3 amide bonds. The Kier molecular flexibility index (Phi) is 5.56. The number of benzene rings is 2. The van der Waals surface area contributed by atoms with E-state index in [1.807, 2.05) is 0 Å². The highest BCUT2D eigenvalue weighted by molar-refractivity contribution is 6.31. The molecule has 9 heteroatoms. The van der Waals surface area contributed by atoms with Crippen molar-refractivity contribution >= 4 is 34.9 Å². The lowest BCUT2D eigenvalue weighted by Gasteiger charge is -2.15. The first-order valence-electron chi connectivity index (χ1n) is 7.19. The second-order valence-electron chi connectivity index (χ2n) is 5.22. The van der Waals surface area contributed by atoms with Gasteiger partial charge in [0.2, 0.25) is 0 Å². The molecule has 0 bridgehead atoms. The zero-order valence-corrected chi connectivity index (χ0v) is 13.9. The van der Waals surface area contributed by atoms with Gasteiger partial charge in [0.25, 0.3) is 11.6 Å². The van der Waals surface area contributed by atoms with Crippen LogP contribution in [0.15, 0.2) is 42.5 Å². The van der Waals surface area contributed by atoms with E-state index in [4.69, 9.17) is 17.3 Å². The lowest BCUT2D eigenvalue weighted by molar-refractivity contribution is -0.385. The molecule has 1 atom stereocenters.